The first kappa shape index (κ1) is 14.2. The van der Waals surface area contributed by atoms with E-state index in [1.807, 2.05) is 6.07 Å². The Labute approximate surface area is 119 Å². The van der Waals surface area contributed by atoms with Crippen LogP contribution in [-0.2, 0) is 6.42 Å². The number of benzene rings is 1. The first-order valence-electron chi connectivity index (χ1n) is 6.72. The Kier molecular flexibility index (Phi) is 5.06. The Balaban J connectivity index is 2.16. The van der Waals surface area contributed by atoms with Gasteiger partial charge in [-0.25, -0.2) is 0 Å². The molecule has 102 valence electrons. The molecule has 1 heterocycles. The zero-order valence-corrected chi connectivity index (χ0v) is 12.2. The second-order valence-electron chi connectivity index (χ2n) is 4.85. The van der Waals surface area contributed by atoms with Crippen molar-refractivity contribution in [2.45, 2.75) is 32.7 Å². The lowest BCUT2D eigenvalue weighted by Crippen LogP contribution is -2.24. The highest BCUT2D eigenvalue weighted by molar-refractivity contribution is 6.29. The van der Waals surface area contributed by atoms with Crippen molar-refractivity contribution in [3.63, 3.8) is 0 Å². The van der Waals surface area contributed by atoms with Gasteiger partial charge in [0.05, 0.1) is 6.26 Å². The summed E-state index contributed by atoms with van der Waals surface area (Å²) in [7, 11) is 0. The summed E-state index contributed by atoms with van der Waals surface area (Å²) in [5, 5.41) is 4.02. The second-order valence-corrected chi connectivity index (χ2v) is 5.19. The van der Waals surface area contributed by atoms with Gasteiger partial charge in [0.15, 0.2) is 5.22 Å². The van der Waals surface area contributed by atoms with Gasteiger partial charge >= 0.3 is 0 Å². The van der Waals surface area contributed by atoms with E-state index in [2.05, 4.69) is 43.4 Å². The molecule has 2 aromatic rings. The van der Waals surface area contributed by atoms with Crippen LogP contribution < -0.4 is 5.32 Å². The summed E-state index contributed by atoms with van der Waals surface area (Å²) in [6.07, 6.45) is 3.66. The van der Waals surface area contributed by atoms with Crippen LogP contribution in [0.25, 0.3) is 0 Å². The van der Waals surface area contributed by atoms with Crippen molar-refractivity contribution in [1.82, 2.24) is 5.32 Å². The number of aryl methyl sites for hydroxylation is 1. The number of hydrogen-bond donors (Lipinski definition) is 1. The average molecular weight is 278 g/mol. The molecule has 1 unspecified atom stereocenters. The predicted octanol–water partition coefficient (Wildman–Crippen LogP) is 4.52. The first-order chi connectivity index (χ1) is 9.20. The summed E-state index contributed by atoms with van der Waals surface area (Å²) in [4.78, 5) is 0. The van der Waals surface area contributed by atoms with E-state index < -0.39 is 0 Å². The first-order valence-corrected chi connectivity index (χ1v) is 7.10. The SMILES string of the molecule is CCCNC(Cc1cccc(C)c1)c1ccoc1Cl. The molecule has 0 aliphatic heterocycles. The Bertz CT molecular complexity index is 521. The lowest BCUT2D eigenvalue weighted by atomic mass is 9.99. The maximum absolute atomic E-state index is 6.10. The van der Waals surface area contributed by atoms with Crippen LogP contribution in [0, 0.1) is 6.92 Å². The molecule has 1 aromatic carbocycles. The van der Waals surface area contributed by atoms with Crippen molar-refractivity contribution in [3.8, 4) is 0 Å². The summed E-state index contributed by atoms with van der Waals surface area (Å²) >= 11 is 6.10. The van der Waals surface area contributed by atoms with E-state index in [-0.39, 0.29) is 6.04 Å². The van der Waals surface area contributed by atoms with E-state index in [0.717, 1.165) is 24.9 Å². The fourth-order valence-electron chi connectivity index (χ4n) is 2.24. The Morgan fingerprint density at radius 1 is 1.32 bits per heavy atom. The molecule has 1 N–H and O–H groups in total. The van der Waals surface area contributed by atoms with Crippen LogP contribution in [0.3, 0.4) is 0 Å². The maximum Gasteiger partial charge on any atom is 0.197 e. The molecule has 0 aliphatic rings. The summed E-state index contributed by atoms with van der Waals surface area (Å²) in [5.74, 6) is 0. The topological polar surface area (TPSA) is 25.2 Å². The molecule has 0 amide bonds. The molecular weight excluding hydrogens is 258 g/mol. The largest absolute Gasteiger partial charge is 0.453 e. The molecule has 0 saturated carbocycles. The third-order valence-electron chi connectivity index (χ3n) is 3.18. The van der Waals surface area contributed by atoms with Crippen molar-refractivity contribution in [1.29, 1.82) is 0 Å². The summed E-state index contributed by atoms with van der Waals surface area (Å²) < 4.78 is 5.21. The van der Waals surface area contributed by atoms with E-state index >= 15 is 0 Å². The fraction of sp³-hybridized carbons (Fsp3) is 0.375. The minimum Gasteiger partial charge on any atom is -0.453 e. The van der Waals surface area contributed by atoms with Crippen LogP contribution in [-0.4, -0.2) is 6.54 Å². The molecule has 3 heteroatoms. The molecule has 0 radical (unpaired) electrons. The van der Waals surface area contributed by atoms with E-state index in [0.29, 0.717) is 5.22 Å². The molecule has 2 rings (SSSR count). The van der Waals surface area contributed by atoms with Crippen molar-refractivity contribution in [3.05, 3.63) is 58.5 Å². The van der Waals surface area contributed by atoms with Crippen LogP contribution in [0.5, 0.6) is 0 Å². The summed E-state index contributed by atoms with van der Waals surface area (Å²) in [5.41, 5.74) is 3.63. The van der Waals surface area contributed by atoms with Crippen LogP contribution in [0.4, 0.5) is 0 Å². The number of furan rings is 1. The average Bonchev–Trinajstić information content (AvgIpc) is 2.81. The summed E-state index contributed by atoms with van der Waals surface area (Å²) in [6.45, 7) is 5.24. The van der Waals surface area contributed by atoms with E-state index in [1.165, 1.54) is 11.1 Å². The van der Waals surface area contributed by atoms with Gasteiger partial charge in [-0.2, -0.15) is 0 Å². The highest BCUT2D eigenvalue weighted by Crippen LogP contribution is 2.27. The minimum absolute atomic E-state index is 0.202. The molecular formula is C16H20ClNO. The zero-order valence-electron chi connectivity index (χ0n) is 11.4. The molecule has 0 fully saturated rings. The van der Waals surface area contributed by atoms with Gasteiger partial charge in [-0.05, 0) is 49.5 Å². The standard InChI is InChI=1S/C16H20ClNO/c1-3-8-18-15(14-7-9-19-16(14)17)11-13-6-4-5-12(2)10-13/h4-7,9-10,15,18H,3,8,11H2,1-2H3. The molecule has 0 spiro atoms. The van der Waals surface area contributed by atoms with Crippen molar-refractivity contribution < 1.29 is 4.42 Å². The Hall–Kier alpha value is -1.25. The molecule has 1 aromatic heterocycles. The molecule has 0 aliphatic carbocycles. The fourth-order valence-corrected chi connectivity index (χ4v) is 2.49. The quantitative estimate of drug-likeness (QED) is 0.839. The molecule has 1 atom stereocenters. The predicted molar refractivity (Wildman–Crippen MR) is 79.6 cm³/mol. The normalized spacial score (nSPS) is 12.6. The Morgan fingerprint density at radius 2 is 2.16 bits per heavy atom. The third-order valence-corrected chi connectivity index (χ3v) is 3.49. The van der Waals surface area contributed by atoms with Crippen LogP contribution in [0.15, 0.2) is 41.0 Å². The van der Waals surface area contributed by atoms with E-state index in [9.17, 15) is 0 Å². The lowest BCUT2D eigenvalue weighted by Gasteiger charge is -2.18. The van der Waals surface area contributed by atoms with Gasteiger partial charge in [0.2, 0.25) is 0 Å². The lowest BCUT2D eigenvalue weighted by molar-refractivity contribution is 0.513. The van der Waals surface area contributed by atoms with Crippen LogP contribution in [0.1, 0.15) is 36.1 Å². The smallest absolute Gasteiger partial charge is 0.197 e. The number of hydrogen-bond acceptors (Lipinski definition) is 2. The van der Waals surface area contributed by atoms with Gasteiger partial charge in [0.1, 0.15) is 0 Å². The summed E-state index contributed by atoms with van der Waals surface area (Å²) in [6, 6.07) is 10.7. The van der Waals surface area contributed by atoms with Gasteiger partial charge in [-0.3, -0.25) is 0 Å². The zero-order chi connectivity index (χ0) is 13.7. The third kappa shape index (κ3) is 3.85. The van der Waals surface area contributed by atoms with Gasteiger partial charge in [-0.15, -0.1) is 0 Å². The van der Waals surface area contributed by atoms with Gasteiger partial charge in [-0.1, -0.05) is 36.8 Å². The van der Waals surface area contributed by atoms with Crippen LogP contribution in [0.2, 0.25) is 5.22 Å². The number of rotatable bonds is 6. The highest BCUT2D eigenvalue weighted by atomic mass is 35.5. The van der Waals surface area contributed by atoms with E-state index in [1.54, 1.807) is 6.26 Å². The molecule has 19 heavy (non-hydrogen) atoms. The van der Waals surface area contributed by atoms with Crippen molar-refractivity contribution >= 4 is 11.6 Å². The number of nitrogens with one attached hydrogen (secondary N) is 1. The van der Waals surface area contributed by atoms with Gasteiger partial charge < -0.3 is 9.73 Å². The molecule has 0 bridgehead atoms. The van der Waals surface area contributed by atoms with Crippen LogP contribution >= 0.6 is 11.6 Å². The van der Waals surface area contributed by atoms with Gasteiger partial charge in [0.25, 0.3) is 0 Å². The van der Waals surface area contributed by atoms with Gasteiger partial charge in [0, 0.05) is 11.6 Å². The second kappa shape index (κ2) is 6.78. The van der Waals surface area contributed by atoms with Crippen molar-refractivity contribution in [2.75, 3.05) is 6.54 Å². The monoisotopic (exact) mass is 277 g/mol. The number of halogens is 1. The molecule has 0 saturated heterocycles. The Morgan fingerprint density at radius 3 is 2.79 bits per heavy atom. The highest BCUT2D eigenvalue weighted by Gasteiger charge is 2.16. The van der Waals surface area contributed by atoms with E-state index in [4.69, 9.17) is 16.0 Å². The maximum atomic E-state index is 6.10. The van der Waals surface area contributed by atoms with Crippen molar-refractivity contribution in [2.24, 2.45) is 0 Å². The molecule has 2 nitrogen and oxygen atoms in total. The minimum atomic E-state index is 0.202.